The van der Waals surface area contributed by atoms with Crippen LogP contribution in [-0.2, 0) is 9.47 Å². The van der Waals surface area contributed by atoms with Gasteiger partial charge in [0, 0.05) is 43.5 Å². The Bertz CT molecular complexity index is 837. The Kier molecular flexibility index (Phi) is 5.69. The van der Waals surface area contributed by atoms with Crippen LogP contribution in [0, 0.1) is 0 Å². The molecule has 154 valence electrons. The van der Waals surface area contributed by atoms with Gasteiger partial charge in [-0.2, -0.15) is 0 Å². The molecular formula is C22H27N3O4. The maximum absolute atomic E-state index is 12.9. The first-order valence-corrected chi connectivity index (χ1v) is 10.1. The van der Waals surface area contributed by atoms with Crippen molar-refractivity contribution >= 4 is 17.3 Å². The molecule has 1 N–H and O–H groups in total. The molecule has 2 aliphatic rings. The highest BCUT2D eigenvalue weighted by Gasteiger charge is 2.41. The first kappa shape index (κ1) is 19.7. The van der Waals surface area contributed by atoms with E-state index in [1.165, 1.54) is 0 Å². The van der Waals surface area contributed by atoms with E-state index in [4.69, 9.17) is 14.2 Å². The summed E-state index contributed by atoms with van der Waals surface area (Å²) in [6, 6.07) is 11.4. The van der Waals surface area contributed by atoms with Crippen LogP contribution in [0.1, 0.15) is 37.2 Å². The molecule has 1 aromatic carbocycles. The molecule has 2 aliphatic heterocycles. The van der Waals surface area contributed by atoms with Crippen molar-refractivity contribution in [1.82, 2.24) is 9.88 Å². The molecule has 0 atom stereocenters. The van der Waals surface area contributed by atoms with E-state index < -0.39 is 5.79 Å². The number of hydrogen-bond donors (Lipinski definition) is 1. The number of carbonyl (C=O) groups excluding carboxylic acids is 1. The van der Waals surface area contributed by atoms with Crippen LogP contribution in [0.25, 0.3) is 0 Å². The Morgan fingerprint density at radius 3 is 2.45 bits per heavy atom. The minimum Gasteiger partial charge on any atom is -0.491 e. The molecule has 1 amide bonds. The van der Waals surface area contributed by atoms with Gasteiger partial charge in [-0.15, -0.1) is 0 Å². The van der Waals surface area contributed by atoms with Gasteiger partial charge in [-0.1, -0.05) is 0 Å². The van der Waals surface area contributed by atoms with Gasteiger partial charge in [-0.05, 0) is 50.2 Å². The summed E-state index contributed by atoms with van der Waals surface area (Å²) < 4.78 is 17.1. The van der Waals surface area contributed by atoms with Crippen molar-refractivity contribution in [2.45, 2.75) is 38.6 Å². The number of benzene rings is 1. The lowest BCUT2D eigenvalue weighted by Gasteiger charge is -2.37. The second kappa shape index (κ2) is 8.39. The third-order valence-electron chi connectivity index (χ3n) is 5.12. The average Bonchev–Trinajstić information content (AvgIpc) is 3.17. The van der Waals surface area contributed by atoms with Crippen molar-refractivity contribution in [2.24, 2.45) is 0 Å². The van der Waals surface area contributed by atoms with Crippen molar-refractivity contribution in [3.8, 4) is 5.75 Å². The lowest BCUT2D eigenvalue weighted by atomic mass is 10.0. The zero-order chi connectivity index (χ0) is 20.3. The van der Waals surface area contributed by atoms with Gasteiger partial charge in [0.25, 0.3) is 5.91 Å². The number of nitrogens with zero attached hydrogens (tertiary/aromatic N) is 2. The SMILES string of the molecule is CC(C)Oc1ccc(Nc2ccnc(C(=O)N3CCC4(CC3)OCCO4)c2)cc1. The highest BCUT2D eigenvalue weighted by atomic mass is 16.7. The van der Waals surface area contributed by atoms with Crippen LogP contribution in [0.2, 0.25) is 0 Å². The molecule has 1 spiro atoms. The Balaban J connectivity index is 1.38. The first-order chi connectivity index (χ1) is 14.0. The normalized spacial score (nSPS) is 18.2. The lowest BCUT2D eigenvalue weighted by Crippen LogP contribution is -2.47. The summed E-state index contributed by atoms with van der Waals surface area (Å²) in [6.07, 6.45) is 3.18. The topological polar surface area (TPSA) is 72.9 Å². The molecule has 2 fully saturated rings. The molecule has 0 radical (unpaired) electrons. The maximum atomic E-state index is 12.9. The Labute approximate surface area is 171 Å². The largest absolute Gasteiger partial charge is 0.491 e. The number of hydrogen-bond acceptors (Lipinski definition) is 6. The smallest absolute Gasteiger partial charge is 0.272 e. The van der Waals surface area contributed by atoms with E-state index >= 15 is 0 Å². The van der Waals surface area contributed by atoms with E-state index in [-0.39, 0.29) is 12.0 Å². The van der Waals surface area contributed by atoms with E-state index in [0.29, 0.717) is 44.8 Å². The number of ether oxygens (including phenoxy) is 3. The molecule has 29 heavy (non-hydrogen) atoms. The number of aromatic nitrogens is 1. The van der Waals surface area contributed by atoms with Crippen molar-refractivity contribution in [1.29, 1.82) is 0 Å². The molecule has 1 aromatic heterocycles. The van der Waals surface area contributed by atoms with Gasteiger partial charge in [-0.25, -0.2) is 0 Å². The molecule has 2 saturated heterocycles. The quantitative estimate of drug-likeness (QED) is 0.831. The minimum absolute atomic E-state index is 0.0674. The highest BCUT2D eigenvalue weighted by molar-refractivity contribution is 5.93. The number of amides is 1. The monoisotopic (exact) mass is 397 g/mol. The van der Waals surface area contributed by atoms with Gasteiger partial charge in [0.2, 0.25) is 0 Å². The van der Waals surface area contributed by atoms with E-state index in [1.807, 2.05) is 49.1 Å². The molecule has 2 aromatic rings. The second-order valence-corrected chi connectivity index (χ2v) is 7.65. The summed E-state index contributed by atoms with van der Waals surface area (Å²) >= 11 is 0. The van der Waals surface area contributed by atoms with Gasteiger partial charge >= 0.3 is 0 Å². The number of pyridine rings is 1. The summed E-state index contributed by atoms with van der Waals surface area (Å²) in [5, 5.41) is 3.32. The lowest BCUT2D eigenvalue weighted by molar-refractivity contribution is -0.181. The number of carbonyl (C=O) groups is 1. The van der Waals surface area contributed by atoms with Crippen LogP contribution in [0.3, 0.4) is 0 Å². The molecule has 0 bridgehead atoms. The molecule has 4 rings (SSSR count). The molecule has 3 heterocycles. The Morgan fingerprint density at radius 2 is 1.79 bits per heavy atom. The number of piperidine rings is 1. The predicted octanol–water partition coefficient (Wildman–Crippen LogP) is 3.59. The maximum Gasteiger partial charge on any atom is 0.272 e. The first-order valence-electron chi connectivity index (χ1n) is 10.1. The van der Waals surface area contributed by atoms with Crippen LogP contribution < -0.4 is 10.1 Å². The third kappa shape index (κ3) is 4.68. The molecule has 7 nitrogen and oxygen atoms in total. The number of anilines is 2. The highest BCUT2D eigenvalue weighted by Crippen LogP contribution is 2.31. The van der Waals surface area contributed by atoms with E-state index in [0.717, 1.165) is 17.1 Å². The van der Waals surface area contributed by atoms with Crippen LogP contribution >= 0.6 is 0 Å². The molecular weight excluding hydrogens is 370 g/mol. The van der Waals surface area contributed by atoms with E-state index in [9.17, 15) is 4.79 Å². The number of nitrogens with one attached hydrogen (secondary N) is 1. The van der Waals surface area contributed by atoms with E-state index in [1.54, 1.807) is 12.3 Å². The minimum atomic E-state index is -0.487. The van der Waals surface area contributed by atoms with Crippen molar-refractivity contribution in [2.75, 3.05) is 31.6 Å². The summed E-state index contributed by atoms with van der Waals surface area (Å²) in [5.74, 6) is 0.274. The fourth-order valence-electron chi connectivity index (χ4n) is 3.68. The van der Waals surface area contributed by atoms with Gasteiger partial charge in [0.1, 0.15) is 11.4 Å². The average molecular weight is 397 g/mol. The van der Waals surface area contributed by atoms with E-state index in [2.05, 4.69) is 10.3 Å². The standard InChI is InChI=1S/C22H27N3O4/c1-16(2)29-19-5-3-17(4-6-19)24-18-7-10-23-20(15-18)21(26)25-11-8-22(9-12-25)27-13-14-28-22/h3-7,10,15-16H,8-9,11-14H2,1-2H3,(H,23,24). The zero-order valence-corrected chi connectivity index (χ0v) is 16.9. The molecule has 0 saturated carbocycles. The summed E-state index contributed by atoms with van der Waals surface area (Å²) in [7, 11) is 0. The van der Waals surface area contributed by atoms with Crippen molar-refractivity contribution < 1.29 is 19.0 Å². The van der Waals surface area contributed by atoms with Gasteiger partial charge in [-0.3, -0.25) is 9.78 Å². The third-order valence-corrected chi connectivity index (χ3v) is 5.12. The number of rotatable bonds is 5. The van der Waals surface area contributed by atoms with Crippen molar-refractivity contribution in [3.63, 3.8) is 0 Å². The molecule has 7 heteroatoms. The summed E-state index contributed by atoms with van der Waals surface area (Å²) in [4.78, 5) is 19.0. The van der Waals surface area contributed by atoms with Crippen LogP contribution in [0.4, 0.5) is 11.4 Å². The Hall–Kier alpha value is -2.64. The fourth-order valence-corrected chi connectivity index (χ4v) is 3.68. The molecule has 0 unspecified atom stereocenters. The zero-order valence-electron chi connectivity index (χ0n) is 16.9. The van der Waals surface area contributed by atoms with Gasteiger partial charge in [0.05, 0.1) is 19.3 Å². The molecule has 0 aliphatic carbocycles. The number of likely N-dealkylation sites (tertiary alicyclic amines) is 1. The van der Waals surface area contributed by atoms with Gasteiger partial charge < -0.3 is 24.4 Å². The Morgan fingerprint density at radius 1 is 1.10 bits per heavy atom. The van der Waals surface area contributed by atoms with Crippen LogP contribution in [0.5, 0.6) is 5.75 Å². The fraction of sp³-hybridized carbons (Fsp3) is 0.455. The second-order valence-electron chi connectivity index (χ2n) is 7.65. The summed E-state index contributed by atoms with van der Waals surface area (Å²) in [5.41, 5.74) is 2.16. The van der Waals surface area contributed by atoms with Crippen molar-refractivity contribution in [3.05, 3.63) is 48.3 Å². The van der Waals surface area contributed by atoms with Gasteiger partial charge in [0.15, 0.2) is 5.79 Å². The predicted molar refractivity (Wildman–Crippen MR) is 109 cm³/mol. The van der Waals surface area contributed by atoms with Crippen LogP contribution in [-0.4, -0.2) is 54.0 Å². The summed E-state index contributed by atoms with van der Waals surface area (Å²) in [6.45, 7) is 6.47. The van der Waals surface area contributed by atoms with Crippen LogP contribution in [0.15, 0.2) is 42.6 Å².